The van der Waals surface area contributed by atoms with Gasteiger partial charge in [-0.2, -0.15) is 5.10 Å². The molecule has 0 radical (unpaired) electrons. The number of likely N-dealkylation sites (tertiary alicyclic amines) is 1. The quantitative estimate of drug-likeness (QED) is 0.523. The van der Waals surface area contributed by atoms with E-state index in [1.807, 2.05) is 48.4 Å². The fourth-order valence-electron chi connectivity index (χ4n) is 4.62. The van der Waals surface area contributed by atoms with E-state index in [-0.39, 0.29) is 12.0 Å². The lowest BCUT2D eigenvalue weighted by Gasteiger charge is -2.31. The number of hydrogen-bond acceptors (Lipinski definition) is 7. The Morgan fingerprint density at radius 1 is 1.29 bits per heavy atom. The van der Waals surface area contributed by atoms with Crippen LogP contribution in [-0.4, -0.2) is 44.4 Å². The van der Waals surface area contributed by atoms with Gasteiger partial charge in [0.1, 0.15) is 12.3 Å². The number of carbonyl (C=O) groups is 1. The third-order valence-electron chi connectivity index (χ3n) is 6.48. The molecule has 8 nitrogen and oxygen atoms in total. The number of halogens is 1. The Kier molecular flexibility index (Phi) is 6.31. The van der Waals surface area contributed by atoms with Crippen molar-refractivity contribution in [3.8, 4) is 0 Å². The molecule has 2 N–H and O–H groups in total. The van der Waals surface area contributed by atoms with E-state index in [2.05, 4.69) is 10.3 Å². The first-order valence-electron chi connectivity index (χ1n) is 11.4. The van der Waals surface area contributed by atoms with Gasteiger partial charge in [0.05, 0.1) is 16.4 Å². The number of benzene rings is 1. The Bertz CT molecular complexity index is 1220. The van der Waals surface area contributed by atoms with Crippen molar-refractivity contribution in [2.24, 2.45) is 5.16 Å². The minimum atomic E-state index is -0.301. The standard InChI is InChI=1S/C24H27ClN6O2S/c1-14-10-15(2)31(28-14)12-22(32)30-8-6-16(7-9-30)24-27-20(13-34-24)19-11-21(33-29-19)23-17(25)4-3-5-18(23)26/h3-5,10,13,16,21H,6-9,11-12,26H2,1-2H3. The molecule has 10 heteroatoms. The van der Waals surface area contributed by atoms with Gasteiger partial charge in [-0.05, 0) is 44.9 Å². The van der Waals surface area contributed by atoms with Gasteiger partial charge >= 0.3 is 0 Å². The second-order valence-corrected chi connectivity index (χ2v) is 10.2. The topological polar surface area (TPSA) is 98.6 Å². The first-order chi connectivity index (χ1) is 16.4. The van der Waals surface area contributed by atoms with E-state index in [9.17, 15) is 4.79 Å². The normalized spacial score (nSPS) is 18.7. The van der Waals surface area contributed by atoms with E-state index in [0.29, 0.717) is 29.6 Å². The maximum atomic E-state index is 12.7. The lowest BCUT2D eigenvalue weighted by Crippen LogP contribution is -2.40. The largest absolute Gasteiger partial charge is 0.398 e. The Morgan fingerprint density at radius 2 is 2.09 bits per heavy atom. The van der Waals surface area contributed by atoms with E-state index in [0.717, 1.165) is 59.3 Å². The molecule has 1 unspecified atom stereocenters. The lowest BCUT2D eigenvalue weighted by molar-refractivity contribution is -0.133. The number of thiazole rings is 1. The number of carbonyl (C=O) groups excluding carboxylic acids is 1. The second-order valence-electron chi connectivity index (χ2n) is 8.89. The van der Waals surface area contributed by atoms with Gasteiger partial charge in [-0.15, -0.1) is 11.3 Å². The molecule has 1 atom stereocenters. The van der Waals surface area contributed by atoms with Crippen molar-refractivity contribution in [3.63, 3.8) is 0 Å². The maximum Gasteiger partial charge on any atom is 0.244 e. The molecule has 1 amide bonds. The Hall–Kier alpha value is -2.91. The summed E-state index contributed by atoms with van der Waals surface area (Å²) < 4.78 is 1.78. The van der Waals surface area contributed by atoms with Gasteiger partial charge in [0, 0.05) is 52.8 Å². The number of nitrogen functional groups attached to an aromatic ring is 1. The molecular formula is C24H27ClN6O2S. The summed E-state index contributed by atoms with van der Waals surface area (Å²) in [4.78, 5) is 25.2. The molecule has 0 aliphatic carbocycles. The molecule has 2 aliphatic rings. The summed E-state index contributed by atoms with van der Waals surface area (Å²) >= 11 is 7.99. The van der Waals surface area contributed by atoms with Crippen molar-refractivity contribution in [1.82, 2.24) is 19.7 Å². The van der Waals surface area contributed by atoms with Crippen molar-refractivity contribution < 1.29 is 9.63 Å². The van der Waals surface area contributed by atoms with Crippen molar-refractivity contribution in [3.05, 3.63) is 62.3 Å². The van der Waals surface area contributed by atoms with E-state index in [4.69, 9.17) is 27.2 Å². The number of amides is 1. The third kappa shape index (κ3) is 4.54. The summed E-state index contributed by atoms with van der Waals surface area (Å²) in [5.74, 6) is 0.459. The first kappa shape index (κ1) is 22.9. The van der Waals surface area contributed by atoms with Crippen molar-refractivity contribution in [2.75, 3.05) is 18.8 Å². The highest BCUT2D eigenvalue weighted by atomic mass is 35.5. The minimum Gasteiger partial charge on any atom is -0.398 e. The van der Waals surface area contributed by atoms with E-state index < -0.39 is 0 Å². The smallest absolute Gasteiger partial charge is 0.244 e. The molecule has 4 heterocycles. The van der Waals surface area contributed by atoms with Crippen molar-refractivity contribution >= 4 is 40.2 Å². The second kappa shape index (κ2) is 9.38. The number of anilines is 1. The number of piperidine rings is 1. The molecule has 0 saturated carbocycles. The number of aromatic nitrogens is 3. The Morgan fingerprint density at radius 3 is 2.79 bits per heavy atom. The molecule has 1 saturated heterocycles. The van der Waals surface area contributed by atoms with E-state index in [1.165, 1.54) is 0 Å². The fraction of sp³-hybridized carbons (Fsp3) is 0.417. The number of aryl methyl sites for hydroxylation is 2. The molecule has 2 aromatic heterocycles. The van der Waals surface area contributed by atoms with Crippen molar-refractivity contribution in [1.29, 1.82) is 0 Å². The van der Waals surface area contributed by atoms with Gasteiger partial charge in [-0.1, -0.05) is 22.8 Å². The predicted octanol–water partition coefficient (Wildman–Crippen LogP) is 4.46. The molecule has 0 spiro atoms. The summed E-state index contributed by atoms with van der Waals surface area (Å²) in [5, 5.41) is 12.4. The first-order valence-corrected chi connectivity index (χ1v) is 12.7. The molecule has 5 rings (SSSR count). The summed E-state index contributed by atoms with van der Waals surface area (Å²) in [7, 11) is 0. The monoisotopic (exact) mass is 498 g/mol. The number of oxime groups is 1. The zero-order chi connectivity index (χ0) is 23.8. The zero-order valence-electron chi connectivity index (χ0n) is 19.2. The highest BCUT2D eigenvalue weighted by molar-refractivity contribution is 7.10. The summed E-state index contributed by atoms with van der Waals surface area (Å²) in [5.41, 5.74) is 11.1. The third-order valence-corrected chi connectivity index (χ3v) is 7.82. The number of hydrogen-bond donors (Lipinski definition) is 1. The van der Waals surface area contributed by atoms with Crippen LogP contribution in [0.1, 0.15) is 58.9 Å². The Balaban J connectivity index is 1.18. The zero-order valence-corrected chi connectivity index (χ0v) is 20.8. The average molecular weight is 499 g/mol. The number of nitrogens with zero attached hydrogens (tertiary/aromatic N) is 5. The number of nitrogens with two attached hydrogens (primary N) is 1. The Labute approximate surface area is 207 Å². The average Bonchev–Trinajstić information content (AvgIpc) is 3.54. The number of rotatable bonds is 5. The highest BCUT2D eigenvalue weighted by Crippen LogP contribution is 2.38. The van der Waals surface area contributed by atoms with Gasteiger partial charge in [-0.3, -0.25) is 9.48 Å². The molecule has 0 bridgehead atoms. The van der Waals surface area contributed by atoms with Gasteiger partial charge in [0.2, 0.25) is 5.91 Å². The highest BCUT2D eigenvalue weighted by Gasteiger charge is 2.30. The van der Waals surface area contributed by atoms with Gasteiger partial charge in [-0.25, -0.2) is 4.98 Å². The molecular weight excluding hydrogens is 472 g/mol. The molecule has 1 fully saturated rings. The van der Waals surface area contributed by atoms with Crippen LogP contribution in [0, 0.1) is 13.8 Å². The van der Waals surface area contributed by atoms with E-state index in [1.54, 1.807) is 16.0 Å². The predicted molar refractivity (Wildman–Crippen MR) is 133 cm³/mol. The minimum absolute atomic E-state index is 0.117. The van der Waals surface area contributed by atoms with Crippen LogP contribution in [-0.2, 0) is 16.2 Å². The summed E-state index contributed by atoms with van der Waals surface area (Å²) in [6, 6.07) is 7.44. The lowest BCUT2D eigenvalue weighted by atomic mass is 9.97. The van der Waals surface area contributed by atoms with Crippen LogP contribution in [0.5, 0.6) is 0 Å². The van der Waals surface area contributed by atoms with E-state index >= 15 is 0 Å². The molecule has 34 heavy (non-hydrogen) atoms. The van der Waals surface area contributed by atoms with Crippen LogP contribution in [0.15, 0.2) is 34.8 Å². The van der Waals surface area contributed by atoms with Crippen LogP contribution in [0.4, 0.5) is 5.69 Å². The van der Waals surface area contributed by atoms with Crippen LogP contribution in [0.25, 0.3) is 0 Å². The maximum absolute atomic E-state index is 12.7. The SMILES string of the molecule is Cc1cc(C)n(CC(=O)N2CCC(c3nc(C4=NOC(c5c(N)cccc5Cl)C4)cs3)CC2)n1. The van der Waals surface area contributed by atoms with Crippen LogP contribution in [0.3, 0.4) is 0 Å². The van der Waals surface area contributed by atoms with Crippen LogP contribution >= 0.6 is 22.9 Å². The molecule has 3 aromatic rings. The molecule has 178 valence electrons. The summed E-state index contributed by atoms with van der Waals surface area (Å²) in [6.45, 7) is 5.68. The molecule has 1 aromatic carbocycles. The molecule has 2 aliphatic heterocycles. The van der Waals surface area contributed by atoms with Gasteiger partial charge in [0.15, 0.2) is 6.10 Å². The van der Waals surface area contributed by atoms with Gasteiger partial charge < -0.3 is 15.5 Å². The fourth-order valence-corrected chi connectivity index (χ4v) is 5.93. The van der Waals surface area contributed by atoms with Gasteiger partial charge in [0.25, 0.3) is 0 Å². The van der Waals surface area contributed by atoms with Crippen LogP contribution in [0.2, 0.25) is 5.02 Å². The summed E-state index contributed by atoms with van der Waals surface area (Å²) in [6.07, 6.45) is 2.08. The van der Waals surface area contributed by atoms with Crippen LogP contribution < -0.4 is 5.73 Å². The van der Waals surface area contributed by atoms with Crippen molar-refractivity contribution in [2.45, 2.75) is 51.7 Å².